The molecule has 0 radical (unpaired) electrons. The molecule has 0 N–H and O–H groups in total. The average molecular weight is 2250 g/mol. The Morgan fingerprint density at radius 3 is 0.780 bits per heavy atom. The second-order valence-corrected chi connectivity index (χ2v) is 109. The van der Waals surface area contributed by atoms with Crippen LogP contribution in [0.1, 0.15) is 417 Å². The van der Waals surface area contributed by atoms with Crippen molar-refractivity contribution in [3.8, 4) is 0 Å². The largest absolute Gasteiger partial charge is 0.414 e. The van der Waals surface area contributed by atoms with Crippen LogP contribution in [0.15, 0.2) is 119 Å². The first kappa shape index (κ1) is 134. The van der Waals surface area contributed by atoms with Gasteiger partial charge in [0.05, 0.1) is 53.4 Å². The van der Waals surface area contributed by atoms with Gasteiger partial charge in [0.15, 0.2) is 74.9 Å². The first-order valence-corrected chi connectivity index (χ1v) is 90.5. The lowest BCUT2D eigenvalue weighted by Crippen LogP contribution is -2.48. The van der Waals surface area contributed by atoms with E-state index in [-0.39, 0.29) is 83.7 Å². The Morgan fingerprint density at radius 2 is 0.540 bits per heavy atom. The summed E-state index contributed by atoms with van der Waals surface area (Å²) in [7, 11) is -18.5. The monoisotopic (exact) mass is 2250 g/mol. The summed E-state index contributed by atoms with van der Waals surface area (Å²) in [6.07, 6.45) is 62.5. The molecule has 0 unspecified atom stereocenters. The highest BCUT2D eigenvalue weighted by Gasteiger charge is 2.52. The van der Waals surface area contributed by atoms with Crippen molar-refractivity contribution in [3.63, 3.8) is 0 Å². The molecule has 9 aliphatic rings. The first-order chi connectivity index (χ1) is 68.2. The summed E-state index contributed by atoms with van der Waals surface area (Å²) in [5.74, 6) is 3.19. The fourth-order valence-electron chi connectivity index (χ4n) is 25.6. The van der Waals surface area contributed by atoms with Gasteiger partial charge in [-0.15, -0.1) is 0 Å². The first-order valence-electron chi connectivity index (χ1n) is 61.0. The molecule has 862 valence electrons. The van der Waals surface area contributed by atoms with E-state index in [0.29, 0.717) is 28.2 Å². The minimum atomic E-state index is -2.81. The maximum atomic E-state index is 14.6. The van der Waals surface area contributed by atoms with Gasteiger partial charge in [0, 0.05) is 29.6 Å². The number of rotatable bonds is 36. The van der Waals surface area contributed by atoms with Crippen LogP contribution in [0.4, 0.5) is 0 Å². The van der Waals surface area contributed by atoms with E-state index in [9.17, 15) is 9.36 Å². The van der Waals surface area contributed by atoms with Crippen molar-refractivity contribution in [1.82, 2.24) is 0 Å². The average Bonchev–Trinajstić information content (AvgIpc) is 1.68. The van der Waals surface area contributed by atoms with Crippen LogP contribution in [-0.4, -0.2) is 140 Å². The van der Waals surface area contributed by atoms with E-state index in [1.165, 1.54) is 179 Å². The number of hydrogen-bond donors (Lipinski definition) is 0. The van der Waals surface area contributed by atoms with Gasteiger partial charge in [-0.25, -0.2) is 0 Å². The summed E-state index contributed by atoms with van der Waals surface area (Å²) < 4.78 is 76.2. The molecule has 9 saturated carbocycles. The SMILES string of the molecule is CC(C)(C)[Si](C)(C)O[C@@H]1CC(=CCP(=O)(c2ccccc2)c2ccccc2)C[C@@H](O[Si](C)(C)C(C)(C)C)C1.CC(C)(CCC[C@H]1CC[C@@]2(CCC/C(=C/C=C3C[C@@H](O[Si](C)(C)C(C)(C)C)C[C@H](O[Si](C)(C)C(C)(C)C)C3)C2)C1)O[Si](C)(C)C.CC(C)(CCC[C@H]1CC[C@@]2(CCC/C(=C\C=C3C[C@@H](O[Si](C)(C)C(C)(C)C)C[C@H](O[Si](C)(C)C(C)(C)C)C3)C2)C1)O[Si](C)(C)C.CC(C)(CCC[C@H]1CC[C@@]2(CCCC(=O)C2)C1)O[Si](C)(C)C. The molecule has 2 aromatic rings. The van der Waals surface area contributed by atoms with Crippen LogP contribution in [0.5, 0.6) is 0 Å². The number of carbonyl (C=O) groups is 1. The van der Waals surface area contributed by atoms with Crippen LogP contribution in [0.2, 0.25) is 168 Å². The minimum absolute atomic E-state index is 0.0254. The number of allylic oxidation sites excluding steroid dienone is 7. The third kappa shape index (κ3) is 42.5. The van der Waals surface area contributed by atoms with Gasteiger partial charge in [-0.05, 0) is 442 Å². The van der Waals surface area contributed by atoms with Crippen molar-refractivity contribution in [2.45, 2.75) is 638 Å². The van der Waals surface area contributed by atoms with E-state index in [1.807, 2.05) is 60.7 Å². The van der Waals surface area contributed by atoms with Crippen LogP contribution in [0.3, 0.4) is 0 Å². The molecule has 0 aromatic heterocycles. The van der Waals surface area contributed by atoms with Gasteiger partial charge in [0.1, 0.15) is 12.9 Å². The summed E-state index contributed by atoms with van der Waals surface area (Å²) in [4.78, 5) is 11.8. The Labute approximate surface area is 937 Å². The zero-order chi connectivity index (χ0) is 113. The highest BCUT2D eigenvalue weighted by molar-refractivity contribution is 7.78. The summed E-state index contributed by atoms with van der Waals surface area (Å²) in [6.45, 7) is 105. The highest BCUT2D eigenvalue weighted by Crippen LogP contribution is 2.59. The standard InChI is InChI=1S/2C39H76O3Si3.C32H51O3PSi2.C19H36O2Si/c2*1-36(2,3)44(12,13)40-34-26-33(27-35(28-34)41-45(14,15)37(4,5)6)21-20-31-19-17-24-39(29-31)25-22-32(30-39)18-16-23-38(7,8)42-43(9,10)11;1-31(2,3)37(7,8)34-27-23-26(24-28(25-27)35-38(9,10)32(4,5)6)21-22-36(33,29-17-13-11-14-18-29)30-19-15-12-16-20-30;1-18(2,21-22(3,4)5)11-6-8-16-10-13-19(14-16)12-7-9-17(20)15-19/h2*20-21,32,34-35H,16-19,22-30H2,1-15H3;11-21,27-28H,22-25H2,1-10H3;16H,6-15H2,1-5H3/b31-20+;31-20-;;/t2*32-,34+,35+,39+;27-,28-;16-,19-/m0010/s1. The summed E-state index contributed by atoms with van der Waals surface area (Å²) in [5.41, 5.74) is 9.44. The van der Waals surface area contributed by atoms with Gasteiger partial charge in [-0.1, -0.05) is 282 Å². The Bertz CT molecular complexity index is 4420. The third-order valence-electron chi connectivity index (χ3n) is 38.9. The molecule has 3 spiro atoms. The van der Waals surface area contributed by atoms with Gasteiger partial charge in [-0.3, -0.25) is 4.79 Å². The fourth-order valence-corrected chi connectivity index (χ4v) is 41.6. The lowest BCUT2D eigenvalue weighted by molar-refractivity contribution is -0.123. The Morgan fingerprint density at radius 1 is 0.307 bits per heavy atom. The second-order valence-electron chi connectivity index (χ2n) is 64.2. The predicted octanol–water partition coefficient (Wildman–Crippen LogP) is 40.5. The number of benzene rings is 2. The van der Waals surface area contributed by atoms with Crippen molar-refractivity contribution < 1.29 is 49.2 Å². The molecule has 2 aromatic carbocycles. The number of carbonyl (C=O) groups excluding carboxylic acids is 1. The van der Waals surface area contributed by atoms with E-state index in [0.717, 1.165) is 105 Å². The topological polar surface area (TPSA) is 117 Å². The zero-order valence-electron chi connectivity index (χ0n) is 107. The maximum Gasteiger partial charge on any atom is 0.192 e. The molecule has 0 amide bonds. The van der Waals surface area contributed by atoms with Crippen LogP contribution in [0.25, 0.3) is 0 Å². The van der Waals surface area contributed by atoms with E-state index in [2.05, 4.69) is 334 Å². The van der Waals surface area contributed by atoms with Gasteiger partial charge in [0.25, 0.3) is 0 Å². The van der Waals surface area contributed by atoms with Gasteiger partial charge in [0.2, 0.25) is 0 Å². The second kappa shape index (κ2) is 52.6. The molecule has 9 aliphatic carbocycles. The molecule has 11 nitrogen and oxygen atoms in total. The predicted molar refractivity (Wildman–Crippen MR) is 676 cm³/mol. The summed E-state index contributed by atoms with van der Waals surface area (Å²) >= 11 is 0. The van der Waals surface area contributed by atoms with Crippen LogP contribution < -0.4 is 10.6 Å². The number of Topliss-reactive ketones (excluding diaryl/α,β-unsaturated/α-hetero) is 1. The fraction of sp³-hybridized carbons (Fsp3) is 0.822. The molecule has 9 fully saturated rings. The normalized spacial score (nSPS) is 26.7. The van der Waals surface area contributed by atoms with Crippen molar-refractivity contribution in [1.29, 1.82) is 0 Å². The van der Waals surface area contributed by atoms with Gasteiger partial charge < -0.3 is 44.4 Å². The number of hydrogen-bond acceptors (Lipinski definition) is 11. The lowest BCUT2D eigenvalue weighted by Gasteiger charge is -2.45. The van der Waals surface area contributed by atoms with E-state index in [1.54, 1.807) is 22.3 Å². The molecular weight excluding hydrogens is 2010 g/mol. The summed E-state index contributed by atoms with van der Waals surface area (Å²) in [6, 6.07) is 20.0. The molecule has 0 aliphatic heterocycles. The Hall–Kier alpha value is -1.37. The maximum absolute atomic E-state index is 14.6. The van der Waals surface area contributed by atoms with Crippen LogP contribution in [0, 0.1) is 34.0 Å². The summed E-state index contributed by atoms with van der Waals surface area (Å²) in [5, 5.41) is 3.03. The molecule has 150 heavy (non-hydrogen) atoms. The van der Waals surface area contributed by atoms with Crippen molar-refractivity contribution >= 4 is 98.4 Å². The van der Waals surface area contributed by atoms with Crippen LogP contribution in [-0.2, 0) is 49.2 Å². The molecule has 0 bridgehead atoms. The van der Waals surface area contributed by atoms with E-state index in [4.69, 9.17) is 39.8 Å². The van der Waals surface area contributed by atoms with Crippen molar-refractivity contribution in [2.75, 3.05) is 6.16 Å². The quantitative estimate of drug-likeness (QED) is 0.0369. The van der Waals surface area contributed by atoms with Gasteiger partial charge in [-0.2, -0.15) is 0 Å². The Kier molecular flexibility index (Phi) is 46.9. The van der Waals surface area contributed by atoms with Crippen LogP contribution >= 0.6 is 7.14 Å². The molecule has 0 saturated heterocycles. The molecule has 21 heteroatoms. The Balaban J connectivity index is 0.000000250. The zero-order valence-corrected chi connectivity index (χ0v) is 116. The molecule has 12 atom stereocenters. The highest BCUT2D eigenvalue weighted by atomic mass is 31.2. The van der Waals surface area contributed by atoms with Crippen molar-refractivity contribution in [2.24, 2.45) is 34.0 Å². The molecular formula is C129H239O11PSi9. The van der Waals surface area contributed by atoms with E-state index >= 15 is 0 Å². The molecule has 0 heterocycles. The molecule has 11 rings (SSSR count). The van der Waals surface area contributed by atoms with Crippen molar-refractivity contribution in [3.05, 3.63) is 119 Å². The third-order valence-corrected chi connectivity index (χ3v) is 72.6. The van der Waals surface area contributed by atoms with Gasteiger partial charge >= 0.3 is 0 Å². The minimum Gasteiger partial charge on any atom is -0.414 e. The van der Waals surface area contributed by atoms with E-state index < -0.39 is 82.0 Å². The number of ketones is 1. The smallest absolute Gasteiger partial charge is 0.192 e. The lowest BCUT2D eigenvalue weighted by atomic mass is 9.70.